The van der Waals surface area contributed by atoms with E-state index in [-0.39, 0.29) is 0 Å². The van der Waals surface area contributed by atoms with Crippen LogP contribution in [0.5, 0.6) is 5.75 Å². The number of thiazole rings is 1. The molecule has 0 radical (unpaired) electrons. The number of hydrogen-bond donors (Lipinski definition) is 1. The summed E-state index contributed by atoms with van der Waals surface area (Å²) in [7, 11) is 1.65. The average Bonchev–Trinajstić information content (AvgIpc) is 2.81. The minimum atomic E-state index is 0.819. The molecular weight excluding hydrogens is 246 g/mol. The van der Waals surface area contributed by atoms with Gasteiger partial charge in [-0.1, -0.05) is 17.4 Å². The predicted molar refractivity (Wildman–Crippen MR) is 73.7 cm³/mol. The Morgan fingerprint density at radius 1 is 1.22 bits per heavy atom. The molecule has 0 amide bonds. The van der Waals surface area contributed by atoms with Crippen LogP contribution < -0.4 is 10.1 Å². The van der Waals surface area contributed by atoms with Crippen LogP contribution in [0.15, 0.2) is 42.6 Å². The van der Waals surface area contributed by atoms with Crippen LogP contribution in [-0.2, 0) is 0 Å². The maximum absolute atomic E-state index is 5.18. The Bertz CT molecular complexity index is 648. The normalized spacial score (nSPS) is 10.5. The number of methoxy groups -OCH3 is 1. The zero-order valence-corrected chi connectivity index (χ0v) is 10.6. The maximum atomic E-state index is 5.18. The second-order valence-electron chi connectivity index (χ2n) is 3.70. The molecule has 0 fully saturated rings. The van der Waals surface area contributed by atoms with E-state index in [1.54, 1.807) is 13.3 Å². The number of fused-ring (bicyclic) bond motifs is 1. The molecule has 2 aromatic heterocycles. The third-order valence-corrected chi connectivity index (χ3v) is 3.38. The molecule has 3 rings (SSSR count). The molecule has 0 bridgehead atoms. The first-order chi connectivity index (χ1) is 8.85. The van der Waals surface area contributed by atoms with Gasteiger partial charge >= 0.3 is 0 Å². The van der Waals surface area contributed by atoms with Crippen molar-refractivity contribution in [2.45, 2.75) is 0 Å². The lowest BCUT2D eigenvalue weighted by molar-refractivity contribution is 0.415. The number of benzene rings is 1. The number of anilines is 2. The second kappa shape index (κ2) is 4.62. The minimum absolute atomic E-state index is 0.819. The molecule has 0 aliphatic heterocycles. The van der Waals surface area contributed by atoms with Gasteiger partial charge in [-0.05, 0) is 24.3 Å². The highest BCUT2D eigenvalue weighted by molar-refractivity contribution is 7.21. The van der Waals surface area contributed by atoms with Crippen LogP contribution in [0.25, 0.3) is 10.3 Å². The van der Waals surface area contributed by atoms with Crippen LogP contribution in [-0.4, -0.2) is 17.1 Å². The molecule has 0 saturated heterocycles. The molecule has 0 atom stereocenters. The predicted octanol–water partition coefficient (Wildman–Crippen LogP) is 3.44. The van der Waals surface area contributed by atoms with E-state index in [0.717, 1.165) is 26.9 Å². The SMILES string of the molecule is COc1cccc(Nc2nc3cccnc3s2)c1. The van der Waals surface area contributed by atoms with Crippen molar-refractivity contribution >= 4 is 32.5 Å². The molecule has 3 aromatic rings. The van der Waals surface area contributed by atoms with Gasteiger partial charge in [0.25, 0.3) is 0 Å². The monoisotopic (exact) mass is 257 g/mol. The minimum Gasteiger partial charge on any atom is -0.497 e. The van der Waals surface area contributed by atoms with Crippen molar-refractivity contribution in [2.24, 2.45) is 0 Å². The number of aromatic nitrogens is 2. The first kappa shape index (κ1) is 11.0. The molecule has 0 saturated carbocycles. The van der Waals surface area contributed by atoms with Crippen LogP contribution in [0.4, 0.5) is 10.8 Å². The topological polar surface area (TPSA) is 47.0 Å². The average molecular weight is 257 g/mol. The smallest absolute Gasteiger partial charge is 0.189 e. The number of nitrogens with one attached hydrogen (secondary N) is 1. The van der Waals surface area contributed by atoms with Crippen molar-refractivity contribution in [2.75, 3.05) is 12.4 Å². The van der Waals surface area contributed by atoms with Crippen molar-refractivity contribution in [3.05, 3.63) is 42.6 Å². The van der Waals surface area contributed by atoms with Gasteiger partial charge in [-0.25, -0.2) is 9.97 Å². The van der Waals surface area contributed by atoms with Crippen molar-refractivity contribution in [3.8, 4) is 5.75 Å². The zero-order valence-electron chi connectivity index (χ0n) is 9.75. The van der Waals surface area contributed by atoms with E-state index in [0.29, 0.717) is 0 Å². The number of pyridine rings is 1. The molecule has 0 spiro atoms. The van der Waals surface area contributed by atoms with E-state index >= 15 is 0 Å². The molecule has 5 heteroatoms. The van der Waals surface area contributed by atoms with E-state index in [9.17, 15) is 0 Å². The van der Waals surface area contributed by atoms with Crippen LogP contribution in [0.3, 0.4) is 0 Å². The number of rotatable bonds is 3. The Kier molecular flexibility index (Phi) is 2.82. The maximum Gasteiger partial charge on any atom is 0.189 e. The van der Waals surface area contributed by atoms with E-state index in [1.165, 1.54) is 11.3 Å². The Morgan fingerprint density at radius 2 is 2.17 bits per heavy atom. The van der Waals surface area contributed by atoms with E-state index in [1.807, 2.05) is 36.4 Å². The van der Waals surface area contributed by atoms with Crippen LogP contribution in [0.1, 0.15) is 0 Å². The fraction of sp³-hybridized carbons (Fsp3) is 0.0769. The highest BCUT2D eigenvalue weighted by atomic mass is 32.1. The van der Waals surface area contributed by atoms with Crippen LogP contribution in [0.2, 0.25) is 0 Å². The summed E-state index contributed by atoms with van der Waals surface area (Å²) in [4.78, 5) is 9.67. The third-order valence-electron chi connectivity index (χ3n) is 2.49. The van der Waals surface area contributed by atoms with Crippen LogP contribution in [0, 0.1) is 0 Å². The first-order valence-electron chi connectivity index (χ1n) is 5.48. The summed E-state index contributed by atoms with van der Waals surface area (Å²) >= 11 is 1.53. The van der Waals surface area contributed by atoms with Crippen molar-refractivity contribution in [1.29, 1.82) is 0 Å². The molecule has 4 nitrogen and oxygen atoms in total. The standard InChI is InChI=1S/C13H11N3OS/c1-17-10-5-2-4-9(8-10)15-13-16-11-6-3-7-14-12(11)18-13/h2-8H,1H3,(H,15,16). The Morgan fingerprint density at radius 3 is 3.00 bits per heavy atom. The third kappa shape index (κ3) is 2.12. The van der Waals surface area contributed by atoms with Gasteiger partial charge in [-0.2, -0.15) is 0 Å². The van der Waals surface area contributed by atoms with Gasteiger partial charge in [0.1, 0.15) is 16.1 Å². The van der Waals surface area contributed by atoms with Crippen LogP contribution >= 0.6 is 11.3 Å². The highest BCUT2D eigenvalue weighted by Crippen LogP contribution is 2.27. The largest absolute Gasteiger partial charge is 0.497 e. The second-order valence-corrected chi connectivity index (χ2v) is 4.68. The quantitative estimate of drug-likeness (QED) is 0.780. The molecule has 1 aromatic carbocycles. The number of ether oxygens (including phenoxy) is 1. The Hall–Kier alpha value is -2.14. The fourth-order valence-electron chi connectivity index (χ4n) is 1.65. The molecule has 1 N–H and O–H groups in total. The Balaban J connectivity index is 1.91. The molecular formula is C13H11N3OS. The molecule has 18 heavy (non-hydrogen) atoms. The van der Waals surface area contributed by atoms with Crippen molar-refractivity contribution < 1.29 is 4.74 Å². The summed E-state index contributed by atoms with van der Waals surface area (Å²) in [6.45, 7) is 0. The highest BCUT2D eigenvalue weighted by Gasteiger charge is 2.04. The Labute approximate surface area is 108 Å². The summed E-state index contributed by atoms with van der Waals surface area (Å²) in [6, 6.07) is 11.6. The van der Waals surface area contributed by atoms with Crippen molar-refractivity contribution in [3.63, 3.8) is 0 Å². The van der Waals surface area contributed by atoms with Gasteiger partial charge in [0, 0.05) is 18.0 Å². The van der Waals surface area contributed by atoms with E-state index < -0.39 is 0 Å². The van der Waals surface area contributed by atoms with Crippen molar-refractivity contribution in [1.82, 2.24) is 9.97 Å². The summed E-state index contributed by atoms with van der Waals surface area (Å²) in [6.07, 6.45) is 1.77. The first-order valence-corrected chi connectivity index (χ1v) is 6.29. The lowest BCUT2D eigenvalue weighted by Crippen LogP contribution is -1.90. The summed E-state index contributed by atoms with van der Waals surface area (Å²) in [5, 5.41) is 4.09. The molecule has 2 heterocycles. The zero-order chi connectivity index (χ0) is 12.4. The van der Waals surface area contributed by atoms with Gasteiger partial charge in [0.2, 0.25) is 0 Å². The number of nitrogens with zero attached hydrogens (tertiary/aromatic N) is 2. The van der Waals surface area contributed by atoms with Gasteiger partial charge in [0.15, 0.2) is 5.13 Å². The summed E-state index contributed by atoms with van der Waals surface area (Å²) in [5.41, 5.74) is 1.86. The molecule has 0 aliphatic carbocycles. The molecule has 0 aliphatic rings. The summed E-state index contributed by atoms with van der Waals surface area (Å²) < 4.78 is 5.18. The van der Waals surface area contributed by atoms with Gasteiger partial charge in [0.05, 0.1) is 7.11 Å². The lowest BCUT2D eigenvalue weighted by Gasteiger charge is -2.04. The van der Waals surface area contributed by atoms with Gasteiger partial charge in [-0.15, -0.1) is 0 Å². The number of hydrogen-bond acceptors (Lipinski definition) is 5. The fourth-order valence-corrected chi connectivity index (χ4v) is 2.48. The molecule has 0 unspecified atom stereocenters. The summed E-state index contributed by atoms with van der Waals surface area (Å²) in [5.74, 6) is 0.819. The lowest BCUT2D eigenvalue weighted by atomic mass is 10.3. The van der Waals surface area contributed by atoms with E-state index in [4.69, 9.17) is 4.74 Å². The van der Waals surface area contributed by atoms with Gasteiger partial charge in [-0.3, -0.25) is 0 Å². The van der Waals surface area contributed by atoms with Gasteiger partial charge < -0.3 is 10.1 Å². The molecule has 90 valence electrons. The van der Waals surface area contributed by atoms with E-state index in [2.05, 4.69) is 15.3 Å².